The zero-order chi connectivity index (χ0) is 22.4. The number of nitro groups is 1. The lowest BCUT2D eigenvalue weighted by Gasteiger charge is -2.36. The molecule has 2 aromatic carbocycles. The predicted molar refractivity (Wildman–Crippen MR) is 120 cm³/mol. The van der Waals surface area contributed by atoms with Gasteiger partial charge in [0.2, 0.25) is 5.91 Å². The van der Waals surface area contributed by atoms with Gasteiger partial charge >= 0.3 is 0 Å². The van der Waals surface area contributed by atoms with Gasteiger partial charge in [-0.05, 0) is 43.5 Å². The normalized spacial score (nSPS) is 16.4. The van der Waals surface area contributed by atoms with E-state index >= 15 is 0 Å². The molecule has 1 aliphatic rings. The molecule has 8 heteroatoms. The number of methoxy groups -OCH3 is 1. The number of ether oxygens (including phenoxy) is 2. The maximum absolute atomic E-state index is 13.4. The number of benzene rings is 2. The van der Waals surface area contributed by atoms with Crippen LogP contribution in [0.3, 0.4) is 0 Å². The Morgan fingerprint density at radius 2 is 1.87 bits per heavy atom. The number of carbonyl (C=O) groups excluding carboxylic acids is 1. The second kappa shape index (κ2) is 10.1. The van der Waals surface area contributed by atoms with Gasteiger partial charge < -0.3 is 14.8 Å². The smallest absolute Gasteiger partial charge is 0.269 e. The highest BCUT2D eigenvalue weighted by molar-refractivity contribution is 6.32. The van der Waals surface area contributed by atoms with Gasteiger partial charge in [-0.2, -0.15) is 0 Å². The van der Waals surface area contributed by atoms with Crippen molar-refractivity contribution in [2.75, 3.05) is 19.0 Å². The van der Waals surface area contributed by atoms with E-state index in [4.69, 9.17) is 21.1 Å². The summed E-state index contributed by atoms with van der Waals surface area (Å²) in [5, 5.41) is 14.4. The molecule has 1 amide bonds. The van der Waals surface area contributed by atoms with Gasteiger partial charge in [0, 0.05) is 24.9 Å². The molecule has 0 spiro atoms. The molecule has 3 rings (SSSR count). The van der Waals surface area contributed by atoms with Crippen molar-refractivity contribution in [3.05, 3.63) is 63.2 Å². The lowest BCUT2D eigenvalue weighted by atomic mass is 9.68. The molecule has 0 radical (unpaired) electrons. The number of hydrogen-bond acceptors (Lipinski definition) is 5. The van der Waals surface area contributed by atoms with Gasteiger partial charge in [-0.25, -0.2) is 0 Å². The second-order valence-electron chi connectivity index (χ2n) is 7.93. The second-order valence-corrected chi connectivity index (χ2v) is 8.34. The minimum Gasteiger partial charge on any atom is -0.487 e. The van der Waals surface area contributed by atoms with Crippen molar-refractivity contribution in [1.29, 1.82) is 0 Å². The van der Waals surface area contributed by atoms with Crippen LogP contribution in [0.25, 0.3) is 0 Å². The maximum Gasteiger partial charge on any atom is 0.269 e. The topological polar surface area (TPSA) is 90.7 Å². The Hall–Kier alpha value is -2.64. The van der Waals surface area contributed by atoms with Crippen LogP contribution in [0.15, 0.2) is 42.5 Å². The van der Waals surface area contributed by atoms with Crippen LogP contribution in [-0.2, 0) is 14.9 Å². The Labute approximate surface area is 186 Å². The van der Waals surface area contributed by atoms with Crippen molar-refractivity contribution >= 4 is 28.9 Å². The van der Waals surface area contributed by atoms with Crippen molar-refractivity contribution in [3.8, 4) is 5.75 Å². The van der Waals surface area contributed by atoms with Crippen molar-refractivity contribution in [3.63, 3.8) is 0 Å². The zero-order valence-corrected chi connectivity index (χ0v) is 18.5. The molecule has 31 heavy (non-hydrogen) atoms. The quantitative estimate of drug-likeness (QED) is 0.427. The highest BCUT2D eigenvalue weighted by atomic mass is 35.5. The van der Waals surface area contributed by atoms with Crippen LogP contribution in [0, 0.1) is 10.1 Å². The van der Waals surface area contributed by atoms with Crippen molar-refractivity contribution in [1.82, 2.24) is 0 Å². The van der Waals surface area contributed by atoms with Crippen LogP contribution in [0.4, 0.5) is 11.4 Å². The summed E-state index contributed by atoms with van der Waals surface area (Å²) in [5.74, 6) is 0.394. The summed E-state index contributed by atoms with van der Waals surface area (Å²) in [6.07, 6.45) is 4.15. The fraction of sp³-hybridized carbons (Fsp3) is 0.435. The first kappa shape index (κ1) is 23.0. The molecular weight excluding hydrogens is 420 g/mol. The highest BCUT2D eigenvalue weighted by Crippen LogP contribution is 2.41. The Balaban J connectivity index is 1.81. The van der Waals surface area contributed by atoms with Crippen molar-refractivity contribution < 1.29 is 19.2 Å². The number of hydrogen-bond donors (Lipinski definition) is 1. The summed E-state index contributed by atoms with van der Waals surface area (Å²) in [6.45, 7) is 2.32. The summed E-state index contributed by atoms with van der Waals surface area (Å²) < 4.78 is 10.8. The molecule has 1 fully saturated rings. The van der Waals surface area contributed by atoms with E-state index in [-0.39, 0.29) is 17.7 Å². The number of non-ortho nitro benzene ring substituents is 1. The van der Waals surface area contributed by atoms with E-state index < -0.39 is 10.3 Å². The summed E-state index contributed by atoms with van der Waals surface area (Å²) in [4.78, 5) is 24.0. The zero-order valence-electron chi connectivity index (χ0n) is 17.7. The maximum atomic E-state index is 13.4. The fourth-order valence-corrected chi connectivity index (χ4v) is 4.34. The van der Waals surface area contributed by atoms with Crippen LogP contribution >= 0.6 is 11.6 Å². The number of anilines is 1. The van der Waals surface area contributed by atoms with E-state index in [1.807, 2.05) is 6.92 Å². The molecule has 166 valence electrons. The number of amides is 1. The molecule has 1 aliphatic carbocycles. The molecule has 1 atom stereocenters. The third kappa shape index (κ3) is 5.35. The predicted octanol–water partition coefficient (Wildman–Crippen LogP) is 5.50. The summed E-state index contributed by atoms with van der Waals surface area (Å²) in [7, 11) is 1.60. The van der Waals surface area contributed by atoms with E-state index in [0.717, 1.165) is 24.8 Å². The summed E-state index contributed by atoms with van der Waals surface area (Å²) in [5.41, 5.74) is 0.672. The summed E-state index contributed by atoms with van der Waals surface area (Å²) >= 11 is 6.36. The molecule has 2 aromatic rings. The Morgan fingerprint density at radius 1 is 1.19 bits per heavy atom. The lowest BCUT2D eigenvalue weighted by Crippen LogP contribution is -2.42. The Morgan fingerprint density at radius 3 is 2.45 bits per heavy atom. The van der Waals surface area contributed by atoms with Crippen molar-refractivity contribution in [2.45, 2.75) is 50.5 Å². The molecule has 0 aliphatic heterocycles. The standard InChI is InChI=1S/C23H27ClN2O5/c1-16(15-30-2)31-21-11-8-18(14-20(21)24)25-22(27)23(12-4-3-5-13-23)17-6-9-19(10-7-17)26(28)29/h6-11,14,16H,3-5,12-13,15H2,1-2H3,(H,25,27)/t16-/m0/s1. The molecule has 1 N–H and O–H groups in total. The molecule has 1 saturated carbocycles. The first-order chi connectivity index (χ1) is 14.9. The average Bonchev–Trinajstić information content (AvgIpc) is 2.76. The van der Waals surface area contributed by atoms with E-state index in [1.54, 1.807) is 37.4 Å². The Kier molecular flexibility index (Phi) is 7.51. The number of nitro benzene ring substituents is 1. The number of nitrogens with one attached hydrogen (secondary N) is 1. The Bertz CT molecular complexity index is 926. The van der Waals surface area contributed by atoms with Gasteiger partial charge in [0.05, 0.1) is 22.0 Å². The lowest BCUT2D eigenvalue weighted by molar-refractivity contribution is -0.384. The third-order valence-corrected chi connectivity index (χ3v) is 5.99. The minimum atomic E-state index is -0.720. The van der Waals surface area contributed by atoms with Gasteiger partial charge in [0.1, 0.15) is 11.9 Å². The first-order valence-electron chi connectivity index (χ1n) is 10.4. The van der Waals surface area contributed by atoms with Crippen LogP contribution in [0.5, 0.6) is 5.75 Å². The third-order valence-electron chi connectivity index (χ3n) is 5.69. The highest BCUT2D eigenvalue weighted by Gasteiger charge is 2.41. The number of carbonyl (C=O) groups is 1. The molecule has 7 nitrogen and oxygen atoms in total. The van der Waals surface area contributed by atoms with Crippen molar-refractivity contribution in [2.24, 2.45) is 0 Å². The largest absolute Gasteiger partial charge is 0.487 e. The van der Waals surface area contributed by atoms with E-state index in [1.165, 1.54) is 12.1 Å². The molecule has 0 unspecified atom stereocenters. The number of nitrogens with zero attached hydrogens (tertiary/aromatic N) is 1. The van der Waals surface area contributed by atoms with E-state index in [0.29, 0.717) is 35.9 Å². The summed E-state index contributed by atoms with van der Waals surface area (Å²) in [6, 6.07) is 11.5. The van der Waals surface area contributed by atoms with Crippen LogP contribution < -0.4 is 10.1 Å². The van der Waals surface area contributed by atoms with Gasteiger partial charge in [-0.1, -0.05) is 43.0 Å². The number of rotatable bonds is 8. The van der Waals surface area contributed by atoms with Crippen LogP contribution in [0.1, 0.15) is 44.6 Å². The minimum absolute atomic E-state index is 0.0141. The van der Waals surface area contributed by atoms with Gasteiger partial charge in [0.15, 0.2) is 0 Å². The van der Waals surface area contributed by atoms with E-state index in [2.05, 4.69) is 5.32 Å². The van der Waals surface area contributed by atoms with E-state index in [9.17, 15) is 14.9 Å². The SMILES string of the molecule is COC[C@H](C)Oc1ccc(NC(=O)C2(c3ccc([N+](=O)[O-])cc3)CCCCC2)cc1Cl. The molecular formula is C23H27ClN2O5. The van der Waals surface area contributed by atoms with Crippen LogP contribution in [-0.4, -0.2) is 30.7 Å². The molecule has 0 bridgehead atoms. The fourth-order valence-electron chi connectivity index (χ4n) is 4.11. The molecule has 0 saturated heterocycles. The molecule has 0 heterocycles. The number of halogens is 1. The molecule has 0 aromatic heterocycles. The van der Waals surface area contributed by atoms with Gasteiger partial charge in [-0.15, -0.1) is 0 Å². The van der Waals surface area contributed by atoms with Gasteiger partial charge in [0.25, 0.3) is 5.69 Å². The first-order valence-corrected chi connectivity index (χ1v) is 10.7. The monoisotopic (exact) mass is 446 g/mol. The van der Waals surface area contributed by atoms with Gasteiger partial charge in [-0.3, -0.25) is 14.9 Å². The average molecular weight is 447 g/mol. The van der Waals surface area contributed by atoms with Crippen LogP contribution in [0.2, 0.25) is 5.02 Å².